The van der Waals surface area contributed by atoms with E-state index in [2.05, 4.69) is 10.4 Å². The van der Waals surface area contributed by atoms with Crippen molar-refractivity contribution in [3.8, 4) is 0 Å². The first-order chi connectivity index (χ1) is 10.8. The second-order valence-electron chi connectivity index (χ2n) is 4.71. The second kappa shape index (κ2) is 6.61. The largest absolute Gasteiger partial charge is 0.477 e. The van der Waals surface area contributed by atoms with Crippen LogP contribution in [0.1, 0.15) is 31.3 Å². The third-order valence-corrected chi connectivity index (χ3v) is 4.38. The molecule has 0 fully saturated rings. The molecule has 0 radical (unpaired) electrons. The Morgan fingerprint density at radius 1 is 1.39 bits per heavy atom. The Balaban J connectivity index is 2.21. The minimum Gasteiger partial charge on any atom is -0.477 e. The molecule has 2 N–H and O–H groups in total. The van der Waals surface area contributed by atoms with Crippen LogP contribution in [0.4, 0.5) is 5.00 Å². The number of thiophene rings is 1. The van der Waals surface area contributed by atoms with Gasteiger partial charge in [0.2, 0.25) is 5.91 Å². The van der Waals surface area contributed by atoms with Crippen LogP contribution in [0.25, 0.3) is 0 Å². The zero-order valence-corrected chi connectivity index (χ0v) is 13.6. The lowest BCUT2D eigenvalue weighted by Gasteiger charge is -2.07. The Hall–Kier alpha value is -2.68. The number of methoxy groups -OCH3 is 1. The van der Waals surface area contributed by atoms with Crippen LogP contribution >= 0.6 is 11.3 Å². The Labute approximate surface area is 135 Å². The van der Waals surface area contributed by atoms with Gasteiger partial charge in [-0.1, -0.05) is 0 Å². The molecule has 0 aromatic carbocycles. The van der Waals surface area contributed by atoms with Crippen LogP contribution in [0.15, 0.2) is 12.3 Å². The maximum absolute atomic E-state index is 12.1. The third kappa shape index (κ3) is 3.39. The molecule has 0 aliphatic heterocycles. The fourth-order valence-electron chi connectivity index (χ4n) is 2.01. The normalized spacial score (nSPS) is 10.4. The summed E-state index contributed by atoms with van der Waals surface area (Å²) in [6.45, 7) is 3.33. The number of esters is 1. The molecular weight excluding hydrogens is 322 g/mol. The molecule has 0 saturated carbocycles. The van der Waals surface area contributed by atoms with Crippen molar-refractivity contribution >= 4 is 34.2 Å². The van der Waals surface area contributed by atoms with Crippen molar-refractivity contribution in [3.05, 3.63) is 34.0 Å². The first kappa shape index (κ1) is 16.7. The van der Waals surface area contributed by atoms with Crippen LogP contribution in [0.3, 0.4) is 0 Å². The van der Waals surface area contributed by atoms with Gasteiger partial charge in [-0.3, -0.25) is 4.79 Å². The van der Waals surface area contributed by atoms with Crippen LogP contribution < -0.4 is 5.32 Å². The molecule has 9 heteroatoms. The highest BCUT2D eigenvalue weighted by atomic mass is 32.1. The van der Waals surface area contributed by atoms with Gasteiger partial charge in [-0.2, -0.15) is 5.10 Å². The molecule has 8 nitrogen and oxygen atoms in total. The standard InChI is InChI=1S/C14H15N3O5S/c1-7-8(2)23-12(11(7)14(21)22-3)16-10(18)6-17-9(13(19)20)4-5-15-17/h4-5H,6H2,1-3H3,(H,16,18)(H,19,20). The number of aryl methyl sites for hydroxylation is 1. The van der Waals surface area contributed by atoms with Crippen molar-refractivity contribution in [2.45, 2.75) is 20.4 Å². The van der Waals surface area contributed by atoms with E-state index in [4.69, 9.17) is 9.84 Å². The molecular formula is C14H15N3O5S. The Morgan fingerprint density at radius 3 is 2.70 bits per heavy atom. The van der Waals surface area contributed by atoms with Crippen LogP contribution in [-0.2, 0) is 16.1 Å². The molecule has 23 heavy (non-hydrogen) atoms. The lowest BCUT2D eigenvalue weighted by Crippen LogP contribution is -2.22. The van der Waals surface area contributed by atoms with E-state index in [-0.39, 0.29) is 12.2 Å². The number of carboxylic acids is 1. The van der Waals surface area contributed by atoms with Crippen molar-refractivity contribution in [3.63, 3.8) is 0 Å². The number of hydrogen-bond acceptors (Lipinski definition) is 6. The molecule has 0 aliphatic rings. The number of carbonyl (C=O) groups excluding carboxylic acids is 2. The highest BCUT2D eigenvalue weighted by Crippen LogP contribution is 2.32. The van der Waals surface area contributed by atoms with Crippen LogP contribution in [0.2, 0.25) is 0 Å². The van der Waals surface area contributed by atoms with Crippen LogP contribution in [0.5, 0.6) is 0 Å². The summed E-state index contributed by atoms with van der Waals surface area (Å²) in [6.07, 6.45) is 1.30. The number of aromatic nitrogens is 2. The molecule has 2 aromatic rings. The van der Waals surface area contributed by atoms with E-state index in [1.54, 1.807) is 6.92 Å². The third-order valence-electron chi connectivity index (χ3n) is 3.26. The van der Waals surface area contributed by atoms with Gasteiger partial charge in [-0.25, -0.2) is 14.3 Å². The lowest BCUT2D eigenvalue weighted by molar-refractivity contribution is -0.116. The second-order valence-corrected chi connectivity index (χ2v) is 5.93. The van der Waals surface area contributed by atoms with Gasteiger partial charge >= 0.3 is 11.9 Å². The van der Waals surface area contributed by atoms with Crippen LogP contribution in [0, 0.1) is 13.8 Å². The number of carbonyl (C=O) groups is 3. The zero-order chi connectivity index (χ0) is 17.1. The summed E-state index contributed by atoms with van der Waals surface area (Å²) in [5.74, 6) is -2.19. The van der Waals surface area contributed by atoms with Gasteiger partial charge in [-0.05, 0) is 25.5 Å². The van der Waals surface area contributed by atoms with Gasteiger partial charge < -0.3 is 15.2 Å². The van der Waals surface area contributed by atoms with Gasteiger partial charge in [0.15, 0.2) is 0 Å². The van der Waals surface area contributed by atoms with Gasteiger partial charge in [-0.15, -0.1) is 11.3 Å². The fourth-order valence-corrected chi connectivity index (χ4v) is 3.07. The number of amides is 1. The van der Waals surface area contributed by atoms with E-state index in [1.165, 1.54) is 30.7 Å². The topological polar surface area (TPSA) is 111 Å². The van der Waals surface area contributed by atoms with Gasteiger partial charge in [0.05, 0.1) is 12.7 Å². The van der Waals surface area contributed by atoms with Crippen molar-refractivity contribution in [2.75, 3.05) is 12.4 Å². The van der Waals surface area contributed by atoms with Crippen LogP contribution in [-0.4, -0.2) is 39.8 Å². The zero-order valence-electron chi connectivity index (χ0n) is 12.7. The predicted molar refractivity (Wildman–Crippen MR) is 82.9 cm³/mol. The highest BCUT2D eigenvalue weighted by molar-refractivity contribution is 7.16. The molecule has 2 heterocycles. The van der Waals surface area contributed by atoms with Crippen molar-refractivity contribution < 1.29 is 24.2 Å². The molecule has 2 rings (SSSR count). The molecule has 1 amide bonds. The fraction of sp³-hybridized carbons (Fsp3) is 0.286. The molecule has 0 atom stereocenters. The summed E-state index contributed by atoms with van der Waals surface area (Å²) in [5.41, 5.74) is 0.955. The van der Waals surface area contributed by atoms with E-state index >= 15 is 0 Å². The molecule has 0 unspecified atom stereocenters. The molecule has 2 aromatic heterocycles. The van der Waals surface area contributed by atoms with Gasteiger partial charge in [0.1, 0.15) is 17.2 Å². The average Bonchev–Trinajstić information content (AvgIpc) is 3.04. The minimum atomic E-state index is -1.17. The van der Waals surface area contributed by atoms with Crippen molar-refractivity contribution in [1.82, 2.24) is 9.78 Å². The maximum atomic E-state index is 12.1. The van der Waals surface area contributed by atoms with E-state index in [9.17, 15) is 14.4 Å². The quantitative estimate of drug-likeness (QED) is 0.803. The number of rotatable bonds is 5. The molecule has 122 valence electrons. The molecule has 0 aliphatic carbocycles. The van der Waals surface area contributed by atoms with E-state index in [0.717, 1.165) is 15.1 Å². The summed E-state index contributed by atoms with van der Waals surface area (Å²) < 4.78 is 5.80. The molecule has 0 saturated heterocycles. The number of anilines is 1. The predicted octanol–water partition coefficient (Wildman–Crippen LogP) is 1.68. The minimum absolute atomic E-state index is 0.0908. The summed E-state index contributed by atoms with van der Waals surface area (Å²) in [5, 5.41) is 15.8. The van der Waals surface area contributed by atoms with E-state index in [1.807, 2.05) is 6.92 Å². The highest BCUT2D eigenvalue weighted by Gasteiger charge is 2.22. The van der Waals surface area contributed by atoms with Gasteiger partial charge in [0, 0.05) is 11.1 Å². The van der Waals surface area contributed by atoms with E-state index < -0.39 is 17.8 Å². The Kier molecular flexibility index (Phi) is 4.80. The Morgan fingerprint density at radius 2 is 2.09 bits per heavy atom. The maximum Gasteiger partial charge on any atom is 0.354 e. The smallest absolute Gasteiger partial charge is 0.354 e. The number of carboxylic acid groups (broad SMARTS) is 1. The number of nitrogens with one attached hydrogen (secondary N) is 1. The summed E-state index contributed by atoms with van der Waals surface area (Å²) in [7, 11) is 1.27. The van der Waals surface area contributed by atoms with Gasteiger partial charge in [0.25, 0.3) is 0 Å². The lowest BCUT2D eigenvalue weighted by atomic mass is 10.1. The van der Waals surface area contributed by atoms with Crippen molar-refractivity contribution in [1.29, 1.82) is 0 Å². The summed E-state index contributed by atoms with van der Waals surface area (Å²) >= 11 is 1.26. The Bertz CT molecular complexity index is 777. The first-order valence-corrected chi connectivity index (χ1v) is 7.40. The van der Waals surface area contributed by atoms with E-state index in [0.29, 0.717) is 10.6 Å². The monoisotopic (exact) mass is 337 g/mol. The summed E-state index contributed by atoms with van der Waals surface area (Å²) in [6, 6.07) is 1.30. The average molecular weight is 337 g/mol. The molecule has 0 bridgehead atoms. The molecule has 0 spiro atoms. The SMILES string of the molecule is COC(=O)c1c(NC(=O)Cn2nccc2C(=O)O)sc(C)c1C. The number of ether oxygens (including phenoxy) is 1. The first-order valence-electron chi connectivity index (χ1n) is 6.58. The number of nitrogens with zero attached hydrogens (tertiary/aromatic N) is 2. The van der Waals surface area contributed by atoms with Crippen molar-refractivity contribution in [2.24, 2.45) is 0 Å². The number of hydrogen-bond donors (Lipinski definition) is 2. The number of aromatic carboxylic acids is 1. The summed E-state index contributed by atoms with van der Waals surface area (Å²) in [4.78, 5) is 35.9.